The van der Waals surface area contributed by atoms with Gasteiger partial charge in [0, 0.05) is 50.1 Å². The Labute approximate surface area is 347 Å². The summed E-state index contributed by atoms with van der Waals surface area (Å²) in [5.74, 6) is 1.86. The average molecular weight is 769 g/mol. The molecule has 0 amide bonds. The van der Waals surface area contributed by atoms with Gasteiger partial charge in [-0.15, -0.1) is 0 Å². The molecule has 0 aliphatic carbocycles. The number of benzene rings is 9. The lowest BCUT2D eigenvalue weighted by Crippen LogP contribution is -2.09. The third-order valence-corrected chi connectivity index (χ3v) is 11.1. The molecule has 2 heterocycles. The van der Waals surface area contributed by atoms with Crippen molar-refractivity contribution in [3.05, 3.63) is 218 Å². The van der Waals surface area contributed by atoms with Crippen LogP contribution in [0.2, 0.25) is 0 Å². The van der Waals surface area contributed by atoms with Crippen LogP contribution in [-0.2, 0) is 0 Å². The molecule has 0 unspecified atom stereocenters. The number of fused-ring (bicyclic) bond motifs is 4. The van der Waals surface area contributed by atoms with Crippen LogP contribution in [0.25, 0.3) is 89.1 Å². The van der Waals surface area contributed by atoms with Crippen molar-refractivity contribution in [2.75, 3.05) is 4.90 Å². The van der Waals surface area contributed by atoms with Crippen LogP contribution < -0.4 is 4.90 Å². The van der Waals surface area contributed by atoms with Gasteiger partial charge in [0.2, 0.25) is 0 Å². The van der Waals surface area contributed by atoms with Gasteiger partial charge in [0.15, 0.2) is 17.5 Å². The molecular formula is C55H36N4O. The van der Waals surface area contributed by atoms with Crippen molar-refractivity contribution in [1.29, 1.82) is 0 Å². The Morgan fingerprint density at radius 2 is 0.767 bits per heavy atom. The monoisotopic (exact) mass is 768 g/mol. The third-order valence-electron chi connectivity index (χ3n) is 11.1. The lowest BCUT2D eigenvalue weighted by molar-refractivity contribution is 0.670. The summed E-state index contributed by atoms with van der Waals surface area (Å²) in [5.41, 5.74) is 12.1. The summed E-state index contributed by atoms with van der Waals surface area (Å²) in [5, 5.41) is 4.31. The Morgan fingerprint density at radius 1 is 0.317 bits per heavy atom. The van der Waals surface area contributed by atoms with Gasteiger partial charge in [0.1, 0.15) is 11.2 Å². The van der Waals surface area contributed by atoms with Gasteiger partial charge in [-0.2, -0.15) is 0 Å². The number of rotatable bonds is 8. The average Bonchev–Trinajstić information content (AvgIpc) is 3.69. The summed E-state index contributed by atoms with van der Waals surface area (Å²) >= 11 is 0. The molecule has 0 aliphatic heterocycles. The number of hydrogen-bond acceptors (Lipinski definition) is 5. The number of furan rings is 1. The van der Waals surface area contributed by atoms with E-state index in [9.17, 15) is 0 Å². The van der Waals surface area contributed by atoms with E-state index >= 15 is 0 Å². The molecule has 11 rings (SSSR count). The zero-order valence-electron chi connectivity index (χ0n) is 32.5. The van der Waals surface area contributed by atoms with Crippen LogP contribution in [0.1, 0.15) is 0 Å². The fourth-order valence-corrected chi connectivity index (χ4v) is 8.17. The Morgan fingerprint density at radius 3 is 1.37 bits per heavy atom. The molecule has 0 saturated heterocycles. The van der Waals surface area contributed by atoms with Gasteiger partial charge in [-0.05, 0) is 88.1 Å². The zero-order chi connectivity index (χ0) is 39.8. The smallest absolute Gasteiger partial charge is 0.164 e. The van der Waals surface area contributed by atoms with Gasteiger partial charge < -0.3 is 9.32 Å². The molecule has 282 valence electrons. The quantitative estimate of drug-likeness (QED) is 0.154. The Hall–Kier alpha value is -8.15. The number of hydrogen-bond donors (Lipinski definition) is 0. The molecule has 0 spiro atoms. The zero-order valence-corrected chi connectivity index (χ0v) is 32.5. The van der Waals surface area contributed by atoms with Gasteiger partial charge in [-0.3, -0.25) is 0 Å². The molecule has 0 saturated carbocycles. The van der Waals surface area contributed by atoms with E-state index in [0.717, 1.165) is 77.6 Å². The molecule has 0 bridgehead atoms. The molecule has 11 aromatic rings. The van der Waals surface area contributed by atoms with Gasteiger partial charge in [-0.25, -0.2) is 15.0 Å². The lowest BCUT2D eigenvalue weighted by Gasteiger charge is -2.26. The van der Waals surface area contributed by atoms with E-state index in [1.165, 1.54) is 11.1 Å². The molecule has 0 N–H and O–H groups in total. The van der Waals surface area contributed by atoms with E-state index in [1.807, 2.05) is 78.9 Å². The van der Waals surface area contributed by atoms with Crippen molar-refractivity contribution in [3.63, 3.8) is 0 Å². The second-order valence-corrected chi connectivity index (χ2v) is 14.8. The molecule has 0 aliphatic rings. The van der Waals surface area contributed by atoms with E-state index in [1.54, 1.807) is 0 Å². The molecule has 5 heteroatoms. The fraction of sp³-hybridized carbons (Fsp3) is 0. The maximum Gasteiger partial charge on any atom is 0.164 e. The summed E-state index contributed by atoms with van der Waals surface area (Å²) in [7, 11) is 0. The van der Waals surface area contributed by atoms with Crippen LogP contribution in [0.3, 0.4) is 0 Å². The highest BCUT2D eigenvalue weighted by Gasteiger charge is 2.20. The Bertz CT molecular complexity index is 3220. The van der Waals surface area contributed by atoms with E-state index < -0.39 is 0 Å². The van der Waals surface area contributed by atoms with Crippen molar-refractivity contribution in [2.45, 2.75) is 0 Å². The van der Waals surface area contributed by atoms with Crippen LogP contribution >= 0.6 is 0 Å². The van der Waals surface area contributed by atoms with Crippen LogP contribution in [-0.4, -0.2) is 15.0 Å². The second kappa shape index (κ2) is 15.0. The standard InChI is InChI=1S/C55H36N4O/c1-5-15-37(16-6-1)38-25-30-45(31-26-38)59(44-22-11-4-12-23-44)46-32-27-39(28-33-46)51-47-24-14-13-21-42(47)35-49-48-36-43(29-34-50(48)60-52(49)51)55-57-53(40-17-7-2-8-18-40)56-54(58-55)41-19-9-3-10-20-41/h1-36H. The minimum atomic E-state index is 0.605. The summed E-state index contributed by atoms with van der Waals surface area (Å²) in [4.78, 5) is 17.2. The lowest BCUT2D eigenvalue weighted by atomic mass is 9.94. The van der Waals surface area contributed by atoms with Crippen LogP contribution in [0.15, 0.2) is 223 Å². The summed E-state index contributed by atoms with van der Waals surface area (Å²) in [6.45, 7) is 0. The van der Waals surface area contributed by atoms with E-state index in [-0.39, 0.29) is 0 Å². The first-order valence-electron chi connectivity index (χ1n) is 20.1. The highest BCUT2D eigenvalue weighted by atomic mass is 16.3. The number of para-hydroxylation sites is 1. The molecule has 2 aromatic heterocycles. The molecular weight excluding hydrogens is 733 g/mol. The highest BCUT2D eigenvalue weighted by molar-refractivity contribution is 6.18. The number of nitrogens with zero attached hydrogens (tertiary/aromatic N) is 4. The Kier molecular flexibility index (Phi) is 8.75. The first-order chi connectivity index (χ1) is 29.7. The van der Waals surface area contributed by atoms with E-state index in [4.69, 9.17) is 19.4 Å². The summed E-state index contributed by atoms with van der Waals surface area (Å²) in [6.07, 6.45) is 0. The predicted octanol–water partition coefficient (Wildman–Crippen LogP) is 14.7. The molecule has 9 aromatic carbocycles. The largest absolute Gasteiger partial charge is 0.455 e. The minimum Gasteiger partial charge on any atom is -0.455 e. The van der Waals surface area contributed by atoms with E-state index in [2.05, 4.69) is 144 Å². The van der Waals surface area contributed by atoms with Crippen molar-refractivity contribution in [3.8, 4) is 56.4 Å². The summed E-state index contributed by atoms with van der Waals surface area (Å²) < 4.78 is 6.82. The van der Waals surface area contributed by atoms with Gasteiger partial charge >= 0.3 is 0 Å². The number of aromatic nitrogens is 3. The predicted molar refractivity (Wildman–Crippen MR) is 246 cm³/mol. The second-order valence-electron chi connectivity index (χ2n) is 14.8. The Balaban J connectivity index is 1.02. The molecule has 0 fully saturated rings. The SMILES string of the molecule is c1ccc(-c2ccc(N(c3ccccc3)c3ccc(-c4c5ccccc5cc5c4oc4ccc(-c6nc(-c7ccccc7)nc(-c7ccccc7)n6)cc45)cc3)cc2)cc1. The van der Waals surface area contributed by atoms with E-state index in [0.29, 0.717) is 17.5 Å². The van der Waals surface area contributed by atoms with Gasteiger partial charge in [0.25, 0.3) is 0 Å². The van der Waals surface area contributed by atoms with Crippen LogP contribution in [0, 0.1) is 0 Å². The van der Waals surface area contributed by atoms with Crippen molar-refractivity contribution in [2.24, 2.45) is 0 Å². The topological polar surface area (TPSA) is 55.1 Å². The number of anilines is 3. The molecule has 0 atom stereocenters. The molecule has 0 radical (unpaired) electrons. The van der Waals surface area contributed by atoms with Crippen LogP contribution in [0.5, 0.6) is 0 Å². The van der Waals surface area contributed by atoms with Crippen molar-refractivity contribution < 1.29 is 4.42 Å². The molecule has 5 nitrogen and oxygen atoms in total. The van der Waals surface area contributed by atoms with Crippen molar-refractivity contribution >= 4 is 49.8 Å². The van der Waals surface area contributed by atoms with Gasteiger partial charge in [-0.1, -0.05) is 158 Å². The maximum absolute atomic E-state index is 6.82. The van der Waals surface area contributed by atoms with Crippen LogP contribution in [0.4, 0.5) is 17.1 Å². The third kappa shape index (κ3) is 6.45. The van der Waals surface area contributed by atoms with Gasteiger partial charge in [0.05, 0.1) is 0 Å². The first-order valence-corrected chi connectivity index (χ1v) is 20.1. The minimum absolute atomic E-state index is 0.605. The highest BCUT2D eigenvalue weighted by Crippen LogP contribution is 2.43. The summed E-state index contributed by atoms with van der Waals surface area (Å²) in [6, 6.07) is 75.8. The normalized spacial score (nSPS) is 11.3. The first kappa shape index (κ1) is 35.0. The maximum atomic E-state index is 6.82. The van der Waals surface area contributed by atoms with Crippen molar-refractivity contribution in [1.82, 2.24) is 15.0 Å². The molecule has 60 heavy (non-hydrogen) atoms. The fourth-order valence-electron chi connectivity index (χ4n) is 8.17.